The lowest BCUT2D eigenvalue weighted by Gasteiger charge is -2.18. The van der Waals surface area contributed by atoms with E-state index in [4.69, 9.17) is 0 Å². The molecule has 0 unspecified atom stereocenters. The molecule has 9 heteroatoms. The van der Waals surface area contributed by atoms with Gasteiger partial charge in [0, 0.05) is 0 Å². The predicted octanol–water partition coefficient (Wildman–Crippen LogP) is 1.12. The van der Waals surface area contributed by atoms with Crippen LogP contribution < -0.4 is 0 Å². The fourth-order valence-corrected chi connectivity index (χ4v) is 0.982. The van der Waals surface area contributed by atoms with Gasteiger partial charge in [-0.05, 0) is 0 Å². The molecule has 0 saturated carbocycles. The summed E-state index contributed by atoms with van der Waals surface area (Å²) in [6.45, 7) is -1.19. The SMILES string of the molecule is C#CCOS(=O)(=O)C(F)(F)C(F)(F)F. The molecule has 0 aromatic rings. The van der Waals surface area contributed by atoms with E-state index in [1.807, 2.05) is 0 Å². The molecule has 0 spiro atoms. The molecule has 0 aliphatic heterocycles. The number of rotatable bonds is 3. The van der Waals surface area contributed by atoms with Crippen LogP contribution in [0.15, 0.2) is 0 Å². The third-order valence-electron chi connectivity index (χ3n) is 0.941. The molecule has 0 aromatic heterocycles. The maximum atomic E-state index is 12.1. The summed E-state index contributed by atoms with van der Waals surface area (Å²) in [6, 6.07) is 0. The van der Waals surface area contributed by atoms with E-state index in [0.29, 0.717) is 0 Å². The van der Waals surface area contributed by atoms with E-state index < -0.39 is 28.2 Å². The van der Waals surface area contributed by atoms with Crippen molar-refractivity contribution in [2.45, 2.75) is 11.4 Å². The lowest BCUT2D eigenvalue weighted by molar-refractivity contribution is -0.244. The highest BCUT2D eigenvalue weighted by Crippen LogP contribution is 2.40. The maximum Gasteiger partial charge on any atom is 0.472 e. The molecule has 0 aromatic carbocycles. The molecule has 0 N–H and O–H groups in total. The van der Waals surface area contributed by atoms with Crippen LogP contribution in [0, 0.1) is 12.3 Å². The van der Waals surface area contributed by atoms with Crippen LogP contribution in [0.2, 0.25) is 0 Å². The second-order valence-corrected chi connectivity index (χ2v) is 3.59. The average molecular weight is 238 g/mol. The van der Waals surface area contributed by atoms with Crippen LogP contribution in [0.1, 0.15) is 0 Å². The van der Waals surface area contributed by atoms with Crippen molar-refractivity contribution in [3.05, 3.63) is 0 Å². The van der Waals surface area contributed by atoms with Gasteiger partial charge in [-0.3, -0.25) is 4.18 Å². The minimum absolute atomic E-state index is 1.19. The zero-order valence-electron chi connectivity index (χ0n) is 6.31. The van der Waals surface area contributed by atoms with E-state index in [0.717, 1.165) is 0 Å². The number of hydrogen-bond donors (Lipinski definition) is 0. The molecule has 0 atom stereocenters. The fraction of sp³-hybridized carbons (Fsp3) is 0.600. The Morgan fingerprint density at radius 2 is 1.64 bits per heavy atom. The third kappa shape index (κ3) is 2.33. The summed E-state index contributed by atoms with van der Waals surface area (Å²) in [6.07, 6.45) is -1.81. The zero-order chi connectivity index (χ0) is 11.6. The van der Waals surface area contributed by atoms with Gasteiger partial charge in [0.05, 0.1) is 0 Å². The van der Waals surface area contributed by atoms with E-state index in [1.165, 1.54) is 5.92 Å². The van der Waals surface area contributed by atoms with Crippen LogP contribution >= 0.6 is 0 Å². The highest BCUT2D eigenvalue weighted by atomic mass is 32.2. The lowest BCUT2D eigenvalue weighted by atomic mass is 10.7. The van der Waals surface area contributed by atoms with Gasteiger partial charge in [0.1, 0.15) is 6.61 Å². The van der Waals surface area contributed by atoms with Crippen LogP contribution in [-0.4, -0.2) is 26.5 Å². The summed E-state index contributed by atoms with van der Waals surface area (Å²) in [4.78, 5) is 0. The smallest absolute Gasteiger partial charge is 0.252 e. The largest absolute Gasteiger partial charge is 0.472 e. The minimum Gasteiger partial charge on any atom is -0.252 e. The molecule has 0 radical (unpaired) electrons. The molecule has 0 amide bonds. The average Bonchev–Trinajstić information content (AvgIpc) is 1.98. The van der Waals surface area contributed by atoms with Gasteiger partial charge in [-0.15, -0.1) is 6.42 Å². The number of halogens is 5. The first-order valence-electron chi connectivity index (χ1n) is 2.83. The molecule has 0 saturated heterocycles. The molecule has 0 aliphatic rings. The Bertz CT molecular complexity index is 335. The Kier molecular flexibility index (Phi) is 3.47. The molecule has 0 rings (SSSR count). The van der Waals surface area contributed by atoms with Gasteiger partial charge in [-0.1, -0.05) is 5.92 Å². The Hall–Kier alpha value is -0.880. The van der Waals surface area contributed by atoms with Crippen LogP contribution in [0.25, 0.3) is 0 Å². The Balaban J connectivity index is 5.02. The van der Waals surface area contributed by atoms with E-state index in [2.05, 4.69) is 10.6 Å². The van der Waals surface area contributed by atoms with Gasteiger partial charge in [-0.2, -0.15) is 30.4 Å². The summed E-state index contributed by atoms with van der Waals surface area (Å²) < 4.78 is 82.5. The van der Waals surface area contributed by atoms with Crippen molar-refractivity contribution in [2.75, 3.05) is 6.61 Å². The van der Waals surface area contributed by atoms with E-state index >= 15 is 0 Å². The first-order valence-corrected chi connectivity index (χ1v) is 4.24. The van der Waals surface area contributed by atoms with E-state index in [-0.39, 0.29) is 0 Å². The van der Waals surface area contributed by atoms with Crippen molar-refractivity contribution in [1.29, 1.82) is 0 Å². The van der Waals surface area contributed by atoms with Gasteiger partial charge < -0.3 is 0 Å². The zero-order valence-corrected chi connectivity index (χ0v) is 7.12. The Morgan fingerprint density at radius 3 is 1.93 bits per heavy atom. The van der Waals surface area contributed by atoms with Crippen molar-refractivity contribution in [3.8, 4) is 12.3 Å². The maximum absolute atomic E-state index is 12.1. The number of hydrogen-bond acceptors (Lipinski definition) is 3. The van der Waals surface area contributed by atoms with Crippen molar-refractivity contribution >= 4 is 10.1 Å². The molecular formula is C5H3F5O3S. The van der Waals surface area contributed by atoms with Gasteiger partial charge in [-0.25, -0.2) is 0 Å². The van der Waals surface area contributed by atoms with Crippen molar-refractivity contribution in [3.63, 3.8) is 0 Å². The van der Waals surface area contributed by atoms with Crippen molar-refractivity contribution in [1.82, 2.24) is 0 Å². The van der Waals surface area contributed by atoms with Gasteiger partial charge >= 0.3 is 21.5 Å². The van der Waals surface area contributed by atoms with Crippen molar-refractivity contribution in [2.24, 2.45) is 0 Å². The molecule has 82 valence electrons. The predicted molar refractivity (Wildman–Crippen MR) is 34.7 cm³/mol. The monoisotopic (exact) mass is 238 g/mol. The minimum atomic E-state index is -6.24. The second kappa shape index (κ2) is 3.70. The summed E-state index contributed by atoms with van der Waals surface area (Å²) in [7, 11) is -6.08. The highest BCUT2D eigenvalue weighted by molar-refractivity contribution is 7.87. The fourth-order valence-electron chi connectivity index (χ4n) is 0.327. The molecule has 0 bridgehead atoms. The Morgan fingerprint density at radius 1 is 1.21 bits per heavy atom. The quantitative estimate of drug-likeness (QED) is 0.420. The van der Waals surface area contributed by atoms with Crippen LogP contribution in [0.3, 0.4) is 0 Å². The van der Waals surface area contributed by atoms with E-state index in [1.54, 1.807) is 0 Å². The van der Waals surface area contributed by atoms with E-state index in [9.17, 15) is 30.4 Å². The number of terminal acetylenes is 1. The molecule has 0 aliphatic carbocycles. The van der Waals surface area contributed by atoms with Gasteiger partial charge in [0.2, 0.25) is 0 Å². The molecule has 14 heavy (non-hydrogen) atoms. The normalized spacial score (nSPS) is 13.7. The second-order valence-electron chi connectivity index (χ2n) is 1.93. The summed E-state index contributed by atoms with van der Waals surface area (Å²) >= 11 is 0. The first-order chi connectivity index (χ1) is 6.06. The lowest BCUT2D eigenvalue weighted by Crippen LogP contribution is -2.44. The third-order valence-corrected chi connectivity index (χ3v) is 2.23. The van der Waals surface area contributed by atoms with Crippen LogP contribution in [0.4, 0.5) is 22.0 Å². The van der Waals surface area contributed by atoms with Crippen LogP contribution in [0.5, 0.6) is 0 Å². The van der Waals surface area contributed by atoms with Crippen molar-refractivity contribution < 1.29 is 34.6 Å². The molecule has 3 nitrogen and oxygen atoms in total. The first kappa shape index (κ1) is 13.1. The number of alkyl halides is 5. The van der Waals surface area contributed by atoms with Gasteiger partial charge in [0.15, 0.2) is 0 Å². The summed E-state index contributed by atoms with van der Waals surface area (Å²) in [5.41, 5.74) is 0. The standard InChI is InChI=1S/C5H3F5O3S/c1-2-3-13-14(11,12)5(9,10)4(6,7)8/h1H,3H2. The molecular weight excluding hydrogens is 235 g/mol. The van der Waals surface area contributed by atoms with Crippen LogP contribution in [-0.2, 0) is 14.3 Å². The topological polar surface area (TPSA) is 43.4 Å². The molecule has 0 fully saturated rings. The van der Waals surface area contributed by atoms with Gasteiger partial charge in [0.25, 0.3) is 0 Å². The Labute approximate surface area is 76.0 Å². The highest BCUT2D eigenvalue weighted by Gasteiger charge is 2.68. The summed E-state index contributed by atoms with van der Waals surface area (Å²) in [5, 5.41) is -5.96. The summed E-state index contributed by atoms with van der Waals surface area (Å²) in [5.74, 6) is 1.45. The molecule has 0 heterocycles.